The Balaban J connectivity index is 1.56. The van der Waals surface area contributed by atoms with Gasteiger partial charge in [-0.3, -0.25) is 9.69 Å². The molecule has 156 valence electrons. The Morgan fingerprint density at radius 3 is 2.38 bits per heavy atom. The molecule has 5 nitrogen and oxygen atoms in total. The van der Waals surface area contributed by atoms with E-state index >= 15 is 0 Å². The van der Waals surface area contributed by atoms with Gasteiger partial charge in [-0.25, -0.2) is 13.8 Å². The molecule has 0 bridgehead atoms. The molecule has 29 heavy (non-hydrogen) atoms. The Labute approximate surface area is 164 Å². The van der Waals surface area contributed by atoms with Gasteiger partial charge in [-0.2, -0.15) is 13.2 Å². The van der Waals surface area contributed by atoms with Crippen molar-refractivity contribution in [3.05, 3.63) is 53.7 Å². The lowest BCUT2D eigenvalue weighted by molar-refractivity contribution is -0.137. The van der Waals surface area contributed by atoms with Crippen LogP contribution in [0.15, 0.2) is 36.5 Å². The Hall–Kier alpha value is -2.75. The lowest BCUT2D eigenvalue weighted by Gasteiger charge is -2.23. The maximum Gasteiger partial charge on any atom is 0.417 e. The molecule has 1 N–H and O–H groups in total. The zero-order valence-electron chi connectivity index (χ0n) is 15.3. The average molecular weight is 414 g/mol. The normalized spacial score (nSPS) is 15.8. The number of pyridine rings is 1. The van der Waals surface area contributed by atoms with Crippen molar-refractivity contribution in [1.82, 2.24) is 9.88 Å². The monoisotopic (exact) mass is 414 g/mol. The summed E-state index contributed by atoms with van der Waals surface area (Å²) < 4.78 is 65.3. The Kier molecular flexibility index (Phi) is 6.31. The molecule has 0 radical (unpaired) electrons. The van der Waals surface area contributed by atoms with Gasteiger partial charge in [-0.15, -0.1) is 0 Å². The van der Waals surface area contributed by atoms with Gasteiger partial charge >= 0.3 is 6.18 Å². The van der Waals surface area contributed by atoms with Gasteiger partial charge < -0.3 is 10.2 Å². The first-order valence-electron chi connectivity index (χ1n) is 8.98. The molecule has 1 fully saturated rings. The molecule has 2 heterocycles. The molecule has 1 aromatic heterocycles. The number of amides is 1. The topological polar surface area (TPSA) is 48.5 Å². The first-order valence-corrected chi connectivity index (χ1v) is 8.98. The number of carbonyl (C=O) groups excluding carboxylic acids is 1. The van der Waals surface area contributed by atoms with Crippen molar-refractivity contribution < 1.29 is 26.7 Å². The van der Waals surface area contributed by atoms with E-state index in [0.717, 1.165) is 24.4 Å². The number of rotatable bonds is 4. The van der Waals surface area contributed by atoms with E-state index in [1.54, 1.807) is 0 Å². The summed E-state index contributed by atoms with van der Waals surface area (Å²) in [6.45, 7) is 1.99. The molecule has 0 spiro atoms. The Morgan fingerprint density at radius 2 is 1.76 bits per heavy atom. The molecule has 0 unspecified atom stereocenters. The van der Waals surface area contributed by atoms with Crippen molar-refractivity contribution in [2.45, 2.75) is 12.6 Å². The number of nitrogens with one attached hydrogen (secondary N) is 1. The summed E-state index contributed by atoms with van der Waals surface area (Å²) in [7, 11) is 0. The maximum atomic E-state index is 13.6. The molecular formula is C19H19F5N4O. The van der Waals surface area contributed by atoms with Crippen LogP contribution in [0.1, 0.15) is 12.0 Å². The van der Waals surface area contributed by atoms with Crippen LogP contribution in [0.3, 0.4) is 0 Å². The van der Waals surface area contributed by atoms with Gasteiger partial charge in [-0.1, -0.05) is 6.07 Å². The van der Waals surface area contributed by atoms with Crippen molar-refractivity contribution >= 4 is 17.4 Å². The second kappa shape index (κ2) is 8.73. The van der Waals surface area contributed by atoms with Crippen LogP contribution in [0.4, 0.5) is 33.5 Å². The van der Waals surface area contributed by atoms with E-state index in [0.29, 0.717) is 38.4 Å². The molecule has 3 rings (SSSR count). The zero-order chi connectivity index (χ0) is 21.0. The predicted octanol–water partition coefficient (Wildman–Crippen LogP) is 3.53. The molecular weight excluding hydrogens is 395 g/mol. The van der Waals surface area contributed by atoms with Gasteiger partial charge in [0.1, 0.15) is 23.1 Å². The molecule has 10 heteroatoms. The third-order valence-corrected chi connectivity index (χ3v) is 4.58. The van der Waals surface area contributed by atoms with Crippen LogP contribution in [0, 0.1) is 11.6 Å². The van der Waals surface area contributed by atoms with Gasteiger partial charge in [0.15, 0.2) is 0 Å². The molecule has 1 saturated heterocycles. The summed E-state index contributed by atoms with van der Waals surface area (Å²) >= 11 is 0. The van der Waals surface area contributed by atoms with Gasteiger partial charge in [0, 0.05) is 32.4 Å². The third-order valence-electron chi connectivity index (χ3n) is 4.58. The Morgan fingerprint density at radius 1 is 1.03 bits per heavy atom. The fourth-order valence-corrected chi connectivity index (χ4v) is 3.10. The minimum Gasteiger partial charge on any atom is -0.355 e. The van der Waals surface area contributed by atoms with E-state index < -0.39 is 35.0 Å². The summed E-state index contributed by atoms with van der Waals surface area (Å²) in [5, 5.41) is 2.25. The number of para-hydroxylation sites is 1. The van der Waals surface area contributed by atoms with Crippen LogP contribution in [-0.2, 0) is 11.0 Å². The molecule has 0 saturated carbocycles. The molecule has 1 aliphatic heterocycles. The fraction of sp³-hybridized carbons (Fsp3) is 0.368. The van der Waals surface area contributed by atoms with Crippen molar-refractivity contribution in [2.24, 2.45) is 0 Å². The molecule has 1 amide bonds. The van der Waals surface area contributed by atoms with Gasteiger partial charge in [0.2, 0.25) is 5.91 Å². The van der Waals surface area contributed by atoms with Crippen LogP contribution >= 0.6 is 0 Å². The minimum atomic E-state index is -4.44. The zero-order valence-corrected chi connectivity index (χ0v) is 15.3. The molecule has 0 aliphatic carbocycles. The van der Waals surface area contributed by atoms with Gasteiger partial charge in [0.25, 0.3) is 0 Å². The quantitative estimate of drug-likeness (QED) is 0.778. The summed E-state index contributed by atoms with van der Waals surface area (Å²) in [5.41, 5.74) is -1.29. The molecule has 1 aliphatic rings. The highest BCUT2D eigenvalue weighted by Crippen LogP contribution is 2.29. The SMILES string of the molecule is O=C(CN1CCCN(c2ccc(C(F)(F)F)cn2)CC1)Nc1c(F)cccc1F. The highest BCUT2D eigenvalue weighted by Gasteiger charge is 2.31. The van der Waals surface area contributed by atoms with E-state index in [1.165, 1.54) is 12.1 Å². The van der Waals surface area contributed by atoms with E-state index in [2.05, 4.69) is 10.3 Å². The van der Waals surface area contributed by atoms with Crippen molar-refractivity contribution in [3.8, 4) is 0 Å². The summed E-state index contributed by atoms with van der Waals surface area (Å²) in [6, 6.07) is 5.63. The first kappa shape index (κ1) is 21.0. The summed E-state index contributed by atoms with van der Waals surface area (Å²) in [6.07, 6.45) is -2.98. The summed E-state index contributed by atoms with van der Waals surface area (Å²) in [4.78, 5) is 19.7. The highest BCUT2D eigenvalue weighted by molar-refractivity contribution is 5.92. The van der Waals surface area contributed by atoms with Crippen molar-refractivity contribution in [2.75, 3.05) is 42.9 Å². The van der Waals surface area contributed by atoms with Crippen molar-refractivity contribution in [3.63, 3.8) is 0 Å². The van der Waals surface area contributed by atoms with Crippen molar-refractivity contribution in [1.29, 1.82) is 0 Å². The first-order chi connectivity index (χ1) is 13.7. The van der Waals surface area contributed by atoms with E-state index in [9.17, 15) is 26.7 Å². The third kappa shape index (κ3) is 5.41. The molecule has 0 atom stereocenters. The average Bonchev–Trinajstić information content (AvgIpc) is 2.90. The van der Waals surface area contributed by atoms with Crippen LogP contribution in [0.5, 0.6) is 0 Å². The van der Waals surface area contributed by atoms with E-state index in [4.69, 9.17) is 0 Å². The van der Waals surface area contributed by atoms with Gasteiger partial charge in [0.05, 0.1) is 12.1 Å². The van der Waals surface area contributed by atoms with E-state index in [1.807, 2.05) is 9.80 Å². The second-order valence-electron chi connectivity index (χ2n) is 6.66. The minimum absolute atomic E-state index is 0.0535. The lowest BCUT2D eigenvalue weighted by atomic mass is 10.2. The van der Waals surface area contributed by atoms with Crippen LogP contribution in [0.25, 0.3) is 0 Å². The van der Waals surface area contributed by atoms with Crippen LogP contribution in [-0.4, -0.2) is 48.5 Å². The lowest BCUT2D eigenvalue weighted by Crippen LogP contribution is -2.36. The predicted molar refractivity (Wildman–Crippen MR) is 97.5 cm³/mol. The standard InChI is InChI=1S/C19H19F5N4O/c20-14-3-1-4-15(21)18(14)26-17(29)12-27-7-2-8-28(10-9-27)16-6-5-13(11-25-16)19(22,23)24/h1,3-6,11H,2,7-10,12H2,(H,26,29). The number of hydrogen-bond acceptors (Lipinski definition) is 4. The molecule has 1 aromatic carbocycles. The largest absolute Gasteiger partial charge is 0.417 e. The number of carbonyl (C=O) groups is 1. The van der Waals surface area contributed by atoms with Gasteiger partial charge in [-0.05, 0) is 30.7 Å². The number of aromatic nitrogens is 1. The number of alkyl halides is 3. The van der Waals surface area contributed by atoms with E-state index in [-0.39, 0.29) is 6.54 Å². The summed E-state index contributed by atoms with van der Waals surface area (Å²) in [5.74, 6) is -1.82. The molecule has 2 aromatic rings. The number of halogens is 5. The Bertz CT molecular complexity index is 836. The maximum absolute atomic E-state index is 13.6. The number of anilines is 2. The highest BCUT2D eigenvalue weighted by atomic mass is 19.4. The van der Waals surface area contributed by atoms with Crippen LogP contribution < -0.4 is 10.2 Å². The second-order valence-corrected chi connectivity index (χ2v) is 6.66. The van der Waals surface area contributed by atoms with Crippen LogP contribution in [0.2, 0.25) is 0 Å². The number of nitrogens with zero attached hydrogens (tertiary/aromatic N) is 3. The number of hydrogen-bond donors (Lipinski definition) is 1. The smallest absolute Gasteiger partial charge is 0.355 e. The number of benzene rings is 1. The fourth-order valence-electron chi connectivity index (χ4n) is 3.10.